The van der Waals surface area contributed by atoms with Crippen LogP contribution in [0.25, 0.3) is 11.6 Å². The summed E-state index contributed by atoms with van der Waals surface area (Å²) in [6.45, 7) is 2.49. The molecule has 0 radical (unpaired) electrons. The van der Waals surface area contributed by atoms with Gasteiger partial charge in [0.15, 0.2) is 11.5 Å². The van der Waals surface area contributed by atoms with Gasteiger partial charge in [-0.2, -0.15) is 0 Å². The molecular weight excluding hydrogens is 308 g/mol. The molecule has 2 rings (SSSR count). The molecule has 1 N–H and O–H groups in total. The average molecular weight is 328 g/mol. The lowest BCUT2D eigenvalue weighted by Crippen LogP contribution is -2.01. The first kappa shape index (κ1) is 17.4. The van der Waals surface area contributed by atoms with E-state index in [1.807, 2.05) is 31.2 Å². The predicted octanol–water partition coefficient (Wildman–Crippen LogP) is 3.73. The Balaban J connectivity index is 2.40. The minimum atomic E-state index is -1.02. The monoisotopic (exact) mass is 328 g/mol. The summed E-state index contributed by atoms with van der Waals surface area (Å²) in [5, 5.41) is 9.55. The van der Waals surface area contributed by atoms with E-state index in [0.717, 1.165) is 11.3 Å². The molecule has 0 aliphatic rings. The van der Waals surface area contributed by atoms with Gasteiger partial charge in [0.25, 0.3) is 0 Å². The fraction of sp³-hybridized carbons (Fsp3) is 0.211. The highest BCUT2D eigenvalue weighted by Gasteiger charge is 2.14. The third-order valence-electron chi connectivity index (χ3n) is 3.43. The van der Waals surface area contributed by atoms with E-state index >= 15 is 0 Å². The highest BCUT2D eigenvalue weighted by atomic mass is 16.5. The summed E-state index contributed by atoms with van der Waals surface area (Å²) >= 11 is 0. The van der Waals surface area contributed by atoms with Crippen molar-refractivity contribution >= 4 is 17.6 Å². The molecule has 5 heteroatoms. The molecule has 0 aliphatic carbocycles. The van der Waals surface area contributed by atoms with Crippen molar-refractivity contribution in [2.75, 3.05) is 20.8 Å². The van der Waals surface area contributed by atoms with Crippen molar-refractivity contribution in [3.05, 3.63) is 53.6 Å². The number of ether oxygens (including phenoxy) is 3. The van der Waals surface area contributed by atoms with Gasteiger partial charge in [-0.25, -0.2) is 4.79 Å². The van der Waals surface area contributed by atoms with Crippen molar-refractivity contribution in [3.8, 4) is 17.2 Å². The molecule has 5 nitrogen and oxygen atoms in total. The molecule has 0 fully saturated rings. The first-order valence-corrected chi connectivity index (χ1v) is 7.49. The van der Waals surface area contributed by atoms with Crippen LogP contribution in [0.3, 0.4) is 0 Å². The van der Waals surface area contributed by atoms with E-state index < -0.39 is 5.97 Å². The maximum Gasteiger partial charge on any atom is 0.336 e. The summed E-state index contributed by atoms with van der Waals surface area (Å²) in [5.74, 6) is 0.759. The van der Waals surface area contributed by atoms with Gasteiger partial charge in [-0.15, -0.1) is 0 Å². The van der Waals surface area contributed by atoms with Crippen molar-refractivity contribution in [2.24, 2.45) is 0 Å². The fourth-order valence-electron chi connectivity index (χ4n) is 2.27. The van der Waals surface area contributed by atoms with E-state index in [9.17, 15) is 9.90 Å². The van der Waals surface area contributed by atoms with Crippen LogP contribution in [0.1, 0.15) is 18.1 Å². The van der Waals surface area contributed by atoms with Crippen LogP contribution in [0, 0.1) is 0 Å². The Bertz CT molecular complexity index is 732. The van der Waals surface area contributed by atoms with E-state index in [0.29, 0.717) is 23.7 Å². The Kier molecular flexibility index (Phi) is 5.84. The zero-order valence-corrected chi connectivity index (χ0v) is 13.9. The lowest BCUT2D eigenvalue weighted by molar-refractivity contribution is -0.130. The van der Waals surface area contributed by atoms with Gasteiger partial charge in [-0.1, -0.05) is 18.2 Å². The number of methoxy groups -OCH3 is 2. The second-order valence-corrected chi connectivity index (χ2v) is 4.93. The largest absolute Gasteiger partial charge is 0.494 e. The smallest absolute Gasteiger partial charge is 0.336 e. The Morgan fingerprint density at radius 2 is 1.71 bits per heavy atom. The highest BCUT2D eigenvalue weighted by Crippen LogP contribution is 2.31. The van der Waals surface area contributed by atoms with Crippen molar-refractivity contribution in [2.45, 2.75) is 6.92 Å². The topological polar surface area (TPSA) is 65.0 Å². The SMILES string of the molecule is CCOc1ccc(/C=C(\C(=O)O)c2ccc(OC)c(OC)c2)cc1. The molecule has 0 unspecified atom stereocenters. The number of benzene rings is 2. The van der Waals surface area contributed by atoms with Gasteiger partial charge in [0, 0.05) is 0 Å². The number of hydrogen-bond donors (Lipinski definition) is 1. The highest BCUT2D eigenvalue weighted by molar-refractivity contribution is 6.20. The maximum absolute atomic E-state index is 11.7. The lowest BCUT2D eigenvalue weighted by Gasteiger charge is -2.10. The van der Waals surface area contributed by atoms with Crippen molar-refractivity contribution in [3.63, 3.8) is 0 Å². The molecule has 0 saturated carbocycles. The lowest BCUT2D eigenvalue weighted by atomic mass is 10.0. The summed E-state index contributed by atoms with van der Waals surface area (Å²) in [4.78, 5) is 11.7. The standard InChI is InChI=1S/C19H20O5/c1-4-24-15-8-5-13(6-9-15)11-16(19(20)21)14-7-10-17(22-2)18(12-14)23-3/h5-12H,4H2,1-3H3,(H,20,21)/b16-11-. The van der Waals surface area contributed by atoms with Gasteiger partial charge in [-0.05, 0) is 48.4 Å². The van der Waals surface area contributed by atoms with Crippen molar-refractivity contribution < 1.29 is 24.1 Å². The third-order valence-corrected chi connectivity index (χ3v) is 3.43. The van der Waals surface area contributed by atoms with Crippen molar-refractivity contribution in [1.82, 2.24) is 0 Å². The first-order valence-electron chi connectivity index (χ1n) is 7.49. The molecular formula is C19H20O5. The Morgan fingerprint density at radius 3 is 2.25 bits per heavy atom. The number of hydrogen-bond acceptors (Lipinski definition) is 4. The van der Waals surface area contributed by atoms with Crippen LogP contribution in [-0.4, -0.2) is 31.9 Å². The number of carboxylic acid groups (broad SMARTS) is 1. The zero-order chi connectivity index (χ0) is 17.5. The molecule has 0 aliphatic heterocycles. The van der Waals surface area contributed by atoms with E-state index in [1.165, 1.54) is 14.2 Å². The van der Waals surface area contributed by atoms with Crippen LogP contribution in [-0.2, 0) is 4.79 Å². The molecule has 0 bridgehead atoms. The van der Waals surface area contributed by atoms with Crippen LogP contribution < -0.4 is 14.2 Å². The molecule has 2 aromatic rings. The summed E-state index contributed by atoms with van der Waals surface area (Å²) < 4.78 is 15.8. The van der Waals surface area contributed by atoms with Crippen LogP contribution in [0.5, 0.6) is 17.2 Å². The van der Waals surface area contributed by atoms with Gasteiger partial charge < -0.3 is 19.3 Å². The molecule has 0 heterocycles. The zero-order valence-electron chi connectivity index (χ0n) is 13.9. The molecule has 0 aromatic heterocycles. The van der Waals surface area contributed by atoms with E-state index in [2.05, 4.69) is 0 Å². The quantitative estimate of drug-likeness (QED) is 0.620. The second-order valence-electron chi connectivity index (χ2n) is 4.93. The summed E-state index contributed by atoms with van der Waals surface area (Å²) in [7, 11) is 3.05. The van der Waals surface area contributed by atoms with Gasteiger partial charge in [0.2, 0.25) is 0 Å². The van der Waals surface area contributed by atoms with Crippen LogP contribution in [0.15, 0.2) is 42.5 Å². The van der Waals surface area contributed by atoms with Gasteiger partial charge >= 0.3 is 5.97 Å². The minimum Gasteiger partial charge on any atom is -0.494 e. The van der Waals surface area contributed by atoms with Crippen LogP contribution in [0.2, 0.25) is 0 Å². The normalized spacial score (nSPS) is 11.0. The number of aliphatic carboxylic acids is 1. The number of carboxylic acids is 1. The predicted molar refractivity (Wildman–Crippen MR) is 92.7 cm³/mol. The van der Waals surface area contributed by atoms with Crippen LogP contribution in [0.4, 0.5) is 0 Å². The van der Waals surface area contributed by atoms with E-state index in [-0.39, 0.29) is 5.57 Å². The Morgan fingerprint density at radius 1 is 1.04 bits per heavy atom. The number of rotatable bonds is 7. The fourth-order valence-corrected chi connectivity index (χ4v) is 2.27. The molecule has 24 heavy (non-hydrogen) atoms. The maximum atomic E-state index is 11.7. The van der Waals surface area contributed by atoms with Gasteiger partial charge in [-0.3, -0.25) is 0 Å². The summed E-state index contributed by atoms with van der Waals surface area (Å²) in [5.41, 5.74) is 1.47. The van der Waals surface area contributed by atoms with E-state index in [4.69, 9.17) is 14.2 Å². The molecule has 0 atom stereocenters. The van der Waals surface area contributed by atoms with Crippen molar-refractivity contribution in [1.29, 1.82) is 0 Å². The third kappa shape index (κ3) is 4.07. The van der Waals surface area contributed by atoms with E-state index in [1.54, 1.807) is 24.3 Å². The number of carbonyl (C=O) groups is 1. The summed E-state index contributed by atoms with van der Waals surface area (Å²) in [6.07, 6.45) is 1.61. The van der Waals surface area contributed by atoms with Gasteiger partial charge in [0.1, 0.15) is 5.75 Å². The molecule has 2 aromatic carbocycles. The summed E-state index contributed by atoms with van der Waals surface area (Å²) in [6, 6.07) is 12.3. The Labute approximate surface area is 141 Å². The van der Waals surface area contributed by atoms with Crippen LogP contribution >= 0.6 is 0 Å². The second kappa shape index (κ2) is 8.06. The average Bonchev–Trinajstić information content (AvgIpc) is 2.60. The minimum absolute atomic E-state index is 0.167. The molecule has 126 valence electrons. The first-order chi connectivity index (χ1) is 11.6. The molecule has 0 spiro atoms. The molecule has 0 amide bonds. The van der Waals surface area contributed by atoms with Gasteiger partial charge in [0.05, 0.1) is 26.4 Å². The molecule has 0 saturated heterocycles. The Hall–Kier alpha value is -2.95.